The highest BCUT2D eigenvalue weighted by atomic mass is 16.5. The molecule has 2 N–H and O–H groups in total. The Morgan fingerprint density at radius 3 is 2.43 bits per heavy atom. The molecule has 0 aromatic heterocycles. The molecule has 0 heterocycles. The predicted molar refractivity (Wildman–Crippen MR) is 27.8 cm³/mol. The topological polar surface area (TPSA) is 35.5 Å². The Balaban J connectivity index is 2.83. The molecule has 0 unspecified atom stereocenters. The van der Waals surface area contributed by atoms with Gasteiger partial charge in [0.05, 0.1) is 0 Å². The van der Waals surface area contributed by atoms with Crippen molar-refractivity contribution in [2.75, 3.05) is 13.6 Å². The zero-order valence-electron chi connectivity index (χ0n) is 4.81. The van der Waals surface area contributed by atoms with Crippen LogP contribution >= 0.6 is 0 Å². The van der Waals surface area contributed by atoms with Crippen LogP contribution in [0.5, 0.6) is 0 Å². The van der Waals surface area contributed by atoms with E-state index in [1.165, 1.54) is 0 Å². The van der Waals surface area contributed by atoms with Gasteiger partial charge < -0.3 is 5.21 Å². The summed E-state index contributed by atoms with van der Waals surface area (Å²) in [5, 5.41) is 9.75. The maximum absolute atomic E-state index is 8.14. The van der Waals surface area contributed by atoms with E-state index in [9.17, 15) is 0 Å². The second-order valence-corrected chi connectivity index (χ2v) is 1.52. The number of hydrazine groups is 1. The van der Waals surface area contributed by atoms with E-state index >= 15 is 0 Å². The van der Waals surface area contributed by atoms with E-state index in [0.717, 1.165) is 13.0 Å². The average Bonchev–Trinajstić information content (AvgIpc) is 1.68. The molecule has 0 aliphatic rings. The molecule has 0 rings (SSSR count). The summed E-state index contributed by atoms with van der Waals surface area (Å²) in [6.07, 6.45) is 1.05. The second-order valence-electron chi connectivity index (χ2n) is 1.52. The van der Waals surface area contributed by atoms with Crippen molar-refractivity contribution in [2.24, 2.45) is 0 Å². The Morgan fingerprint density at radius 2 is 2.29 bits per heavy atom. The molecule has 0 radical (unpaired) electrons. The fourth-order valence-electron chi connectivity index (χ4n) is 0.385. The van der Waals surface area contributed by atoms with E-state index < -0.39 is 0 Å². The van der Waals surface area contributed by atoms with Crippen molar-refractivity contribution in [3.8, 4) is 0 Å². The molecular formula is C4H12N2O. The van der Waals surface area contributed by atoms with Gasteiger partial charge in [-0.1, -0.05) is 6.92 Å². The lowest BCUT2D eigenvalue weighted by atomic mass is 10.5. The highest BCUT2D eigenvalue weighted by Gasteiger charge is 1.86. The van der Waals surface area contributed by atoms with Gasteiger partial charge in [-0.15, -0.1) is 5.59 Å². The van der Waals surface area contributed by atoms with Crippen molar-refractivity contribution in [3.05, 3.63) is 0 Å². The average molecular weight is 104 g/mol. The first-order valence-corrected chi connectivity index (χ1v) is 2.42. The van der Waals surface area contributed by atoms with Gasteiger partial charge in [0.25, 0.3) is 0 Å². The third-order valence-corrected chi connectivity index (χ3v) is 0.730. The molecule has 0 atom stereocenters. The molecule has 7 heavy (non-hydrogen) atoms. The van der Waals surface area contributed by atoms with E-state index in [0.29, 0.717) is 0 Å². The Morgan fingerprint density at radius 1 is 1.71 bits per heavy atom. The fourth-order valence-corrected chi connectivity index (χ4v) is 0.385. The minimum atomic E-state index is 0.872. The monoisotopic (exact) mass is 104 g/mol. The number of hydrogen-bond acceptors (Lipinski definition) is 3. The molecular weight excluding hydrogens is 92.1 g/mol. The first-order valence-electron chi connectivity index (χ1n) is 2.42. The van der Waals surface area contributed by atoms with E-state index in [2.05, 4.69) is 0 Å². The minimum absolute atomic E-state index is 0.872. The van der Waals surface area contributed by atoms with Crippen LogP contribution in [0.1, 0.15) is 13.3 Å². The van der Waals surface area contributed by atoms with Gasteiger partial charge in [-0.3, -0.25) is 0 Å². The van der Waals surface area contributed by atoms with E-state index in [1.807, 2.05) is 12.5 Å². The van der Waals surface area contributed by atoms with Crippen molar-refractivity contribution < 1.29 is 5.21 Å². The molecule has 3 heteroatoms. The molecule has 0 saturated carbocycles. The van der Waals surface area contributed by atoms with Crippen LogP contribution in [0.4, 0.5) is 0 Å². The first kappa shape index (κ1) is 6.88. The summed E-state index contributed by atoms with van der Waals surface area (Å²) in [7, 11) is 1.78. The SMILES string of the molecule is CCCN(C)NO. The van der Waals surface area contributed by atoms with E-state index in [4.69, 9.17) is 5.21 Å². The molecule has 3 nitrogen and oxygen atoms in total. The van der Waals surface area contributed by atoms with E-state index in [1.54, 1.807) is 12.1 Å². The van der Waals surface area contributed by atoms with Gasteiger partial charge in [0.1, 0.15) is 0 Å². The van der Waals surface area contributed by atoms with Crippen molar-refractivity contribution in [3.63, 3.8) is 0 Å². The van der Waals surface area contributed by atoms with Crippen LogP contribution in [0.2, 0.25) is 0 Å². The number of rotatable bonds is 3. The Bertz CT molecular complexity index is 40.7. The molecule has 44 valence electrons. The van der Waals surface area contributed by atoms with Crippen molar-refractivity contribution in [1.82, 2.24) is 10.6 Å². The fraction of sp³-hybridized carbons (Fsp3) is 1.00. The maximum atomic E-state index is 8.14. The summed E-state index contributed by atoms with van der Waals surface area (Å²) in [6, 6.07) is 0. The quantitative estimate of drug-likeness (QED) is 0.503. The largest absolute Gasteiger partial charge is 0.302 e. The Kier molecular flexibility index (Phi) is 3.98. The smallest absolute Gasteiger partial charge is 0.0147 e. The maximum Gasteiger partial charge on any atom is 0.0147 e. The van der Waals surface area contributed by atoms with E-state index in [-0.39, 0.29) is 0 Å². The minimum Gasteiger partial charge on any atom is -0.302 e. The summed E-state index contributed by atoms with van der Waals surface area (Å²) in [4.78, 5) is 0. The lowest BCUT2D eigenvalue weighted by Crippen LogP contribution is -2.31. The van der Waals surface area contributed by atoms with Crippen LogP contribution < -0.4 is 5.59 Å². The molecule has 0 amide bonds. The zero-order valence-corrected chi connectivity index (χ0v) is 4.81. The van der Waals surface area contributed by atoms with Crippen molar-refractivity contribution in [1.29, 1.82) is 0 Å². The molecule has 0 saturated heterocycles. The summed E-state index contributed by atoms with van der Waals surface area (Å²) in [6.45, 7) is 2.92. The van der Waals surface area contributed by atoms with Crippen LogP contribution in [0.15, 0.2) is 0 Å². The molecule has 0 spiro atoms. The highest BCUT2D eigenvalue weighted by Crippen LogP contribution is 1.76. The highest BCUT2D eigenvalue weighted by molar-refractivity contribution is 4.32. The predicted octanol–water partition coefficient (Wildman–Crippen LogP) is 0.222. The van der Waals surface area contributed by atoms with Crippen LogP contribution in [-0.2, 0) is 0 Å². The van der Waals surface area contributed by atoms with Crippen LogP contribution in [0.3, 0.4) is 0 Å². The lowest BCUT2D eigenvalue weighted by molar-refractivity contribution is -0.000778. The number of hydrogen-bond donors (Lipinski definition) is 2. The van der Waals surface area contributed by atoms with Crippen LogP contribution in [0.25, 0.3) is 0 Å². The van der Waals surface area contributed by atoms with Gasteiger partial charge in [0.2, 0.25) is 0 Å². The summed E-state index contributed by atoms with van der Waals surface area (Å²) in [5.74, 6) is 0. The Hall–Kier alpha value is -0.120. The van der Waals surface area contributed by atoms with Crippen molar-refractivity contribution in [2.45, 2.75) is 13.3 Å². The van der Waals surface area contributed by atoms with Crippen molar-refractivity contribution >= 4 is 0 Å². The van der Waals surface area contributed by atoms with Crippen LogP contribution in [0, 0.1) is 0 Å². The first-order chi connectivity index (χ1) is 3.31. The van der Waals surface area contributed by atoms with Gasteiger partial charge >= 0.3 is 0 Å². The normalized spacial score (nSPS) is 10.3. The van der Waals surface area contributed by atoms with Crippen LogP contribution in [-0.4, -0.2) is 23.8 Å². The second kappa shape index (κ2) is 4.05. The number of nitrogens with zero attached hydrogens (tertiary/aromatic N) is 1. The molecule has 0 aliphatic heterocycles. The van der Waals surface area contributed by atoms with Gasteiger partial charge in [-0.2, -0.15) is 0 Å². The molecule has 0 aromatic carbocycles. The van der Waals surface area contributed by atoms with Gasteiger partial charge in [0.15, 0.2) is 0 Å². The Labute approximate surface area is 43.9 Å². The molecule has 0 aliphatic carbocycles. The third kappa shape index (κ3) is 3.72. The van der Waals surface area contributed by atoms with Gasteiger partial charge in [0, 0.05) is 13.6 Å². The third-order valence-electron chi connectivity index (χ3n) is 0.730. The lowest BCUT2D eigenvalue weighted by Gasteiger charge is -2.09. The van der Waals surface area contributed by atoms with Gasteiger partial charge in [-0.05, 0) is 6.42 Å². The zero-order chi connectivity index (χ0) is 5.70. The summed E-state index contributed by atoms with van der Waals surface area (Å²) in [5.41, 5.74) is 2.00. The molecule has 0 aromatic rings. The molecule has 0 fully saturated rings. The van der Waals surface area contributed by atoms with Gasteiger partial charge in [-0.25, -0.2) is 5.01 Å². The summed E-state index contributed by atoms with van der Waals surface area (Å²) < 4.78 is 0. The molecule has 0 bridgehead atoms. The number of nitrogens with one attached hydrogen (secondary N) is 1. The summed E-state index contributed by atoms with van der Waals surface area (Å²) >= 11 is 0. The standard InChI is InChI=1S/C4H12N2O/c1-3-4-6(2)5-7/h5,7H,3-4H2,1-2H3.